The molecule has 0 radical (unpaired) electrons. The summed E-state index contributed by atoms with van der Waals surface area (Å²) < 4.78 is 0. The number of phenolic OH excluding ortho intramolecular Hbond substituents is 1. The summed E-state index contributed by atoms with van der Waals surface area (Å²) in [6, 6.07) is 7.00. The van der Waals surface area contributed by atoms with Crippen LogP contribution in [0.4, 0.5) is 0 Å². The molecule has 1 amide bonds. The maximum absolute atomic E-state index is 12.4. The van der Waals surface area contributed by atoms with Crippen molar-refractivity contribution in [2.24, 2.45) is 11.7 Å². The van der Waals surface area contributed by atoms with Crippen molar-refractivity contribution in [3.05, 3.63) is 29.8 Å². The Morgan fingerprint density at radius 3 is 2.63 bits per heavy atom. The lowest BCUT2D eigenvalue weighted by Gasteiger charge is -2.31. The van der Waals surface area contributed by atoms with E-state index < -0.39 is 0 Å². The Kier molecular flexibility index (Phi) is 5.83. The molecule has 1 aromatic rings. The van der Waals surface area contributed by atoms with Crippen LogP contribution in [0.5, 0.6) is 5.75 Å². The second-order valence-electron chi connectivity index (χ2n) is 4.87. The predicted octanol–water partition coefficient (Wildman–Crippen LogP) is 2.29. The monoisotopic (exact) mass is 264 g/mol. The van der Waals surface area contributed by atoms with E-state index in [1.807, 2.05) is 31.7 Å². The fourth-order valence-electron chi connectivity index (χ4n) is 2.24. The molecular weight excluding hydrogens is 240 g/mol. The number of carbonyl (C=O) groups excluding carboxylic acids is 1. The fraction of sp³-hybridized carbons (Fsp3) is 0.533. The first-order valence-electron chi connectivity index (χ1n) is 6.80. The van der Waals surface area contributed by atoms with Crippen LogP contribution < -0.4 is 5.73 Å². The van der Waals surface area contributed by atoms with Gasteiger partial charge >= 0.3 is 0 Å². The van der Waals surface area contributed by atoms with Crippen molar-refractivity contribution in [1.82, 2.24) is 4.90 Å². The lowest BCUT2D eigenvalue weighted by atomic mass is 10.0. The number of phenols is 1. The molecule has 0 bridgehead atoms. The third-order valence-corrected chi connectivity index (χ3v) is 3.47. The molecule has 4 nitrogen and oxygen atoms in total. The van der Waals surface area contributed by atoms with E-state index >= 15 is 0 Å². The molecule has 0 saturated heterocycles. The standard InChI is InChI=1S/C15H24N2O2/c1-4-17(15(19)11(2)8-9-16)12(3)13-6-5-7-14(18)10-13/h5-7,10-12,18H,4,8-9,16H2,1-3H3. The summed E-state index contributed by atoms with van der Waals surface area (Å²) in [6.45, 7) is 7.01. The van der Waals surface area contributed by atoms with Gasteiger partial charge < -0.3 is 15.7 Å². The zero-order chi connectivity index (χ0) is 14.4. The first-order valence-corrected chi connectivity index (χ1v) is 6.80. The largest absolute Gasteiger partial charge is 0.508 e. The van der Waals surface area contributed by atoms with Crippen molar-refractivity contribution in [3.8, 4) is 5.75 Å². The molecule has 1 aromatic carbocycles. The van der Waals surface area contributed by atoms with E-state index in [0.717, 1.165) is 5.56 Å². The van der Waals surface area contributed by atoms with E-state index in [4.69, 9.17) is 5.73 Å². The minimum atomic E-state index is -0.0651. The van der Waals surface area contributed by atoms with E-state index in [9.17, 15) is 9.90 Å². The molecule has 0 aliphatic rings. The van der Waals surface area contributed by atoms with Crippen LogP contribution in [0.25, 0.3) is 0 Å². The molecule has 0 spiro atoms. The molecule has 1 rings (SSSR count). The van der Waals surface area contributed by atoms with Crippen LogP contribution in [0.3, 0.4) is 0 Å². The van der Waals surface area contributed by atoms with Gasteiger partial charge in [0.1, 0.15) is 5.75 Å². The van der Waals surface area contributed by atoms with Crippen LogP contribution in [0.1, 0.15) is 38.8 Å². The van der Waals surface area contributed by atoms with Gasteiger partial charge in [-0.25, -0.2) is 0 Å². The Morgan fingerprint density at radius 1 is 1.42 bits per heavy atom. The van der Waals surface area contributed by atoms with Crippen LogP contribution in [0.15, 0.2) is 24.3 Å². The molecule has 0 fully saturated rings. The quantitative estimate of drug-likeness (QED) is 0.828. The third-order valence-electron chi connectivity index (χ3n) is 3.47. The number of amides is 1. The SMILES string of the molecule is CCN(C(=O)C(C)CCN)C(C)c1cccc(O)c1. The molecule has 0 aliphatic heterocycles. The van der Waals surface area contributed by atoms with Gasteiger partial charge in [0, 0.05) is 12.5 Å². The maximum Gasteiger partial charge on any atom is 0.225 e. The summed E-state index contributed by atoms with van der Waals surface area (Å²) in [6.07, 6.45) is 0.697. The van der Waals surface area contributed by atoms with Crippen LogP contribution in [0, 0.1) is 5.92 Å². The number of benzene rings is 1. The minimum absolute atomic E-state index is 0.0511. The Morgan fingerprint density at radius 2 is 2.11 bits per heavy atom. The van der Waals surface area contributed by atoms with Gasteiger partial charge in [-0.1, -0.05) is 19.1 Å². The zero-order valence-electron chi connectivity index (χ0n) is 12.0. The van der Waals surface area contributed by atoms with Crippen LogP contribution >= 0.6 is 0 Å². The van der Waals surface area contributed by atoms with Crippen LogP contribution in [-0.4, -0.2) is 29.0 Å². The maximum atomic E-state index is 12.4. The highest BCUT2D eigenvalue weighted by molar-refractivity contribution is 5.79. The normalized spacial score (nSPS) is 13.9. The van der Waals surface area contributed by atoms with Gasteiger partial charge in [-0.05, 0) is 44.5 Å². The van der Waals surface area contributed by atoms with E-state index in [0.29, 0.717) is 19.5 Å². The van der Waals surface area contributed by atoms with Gasteiger partial charge in [0.15, 0.2) is 0 Å². The van der Waals surface area contributed by atoms with Gasteiger partial charge in [-0.15, -0.1) is 0 Å². The topological polar surface area (TPSA) is 66.6 Å². The lowest BCUT2D eigenvalue weighted by molar-refractivity contribution is -0.137. The molecule has 4 heteroatoms. The summed E-state index contributed by atoms with van der Waals surface area (Å²) >= 11 is 0. The zero-order valence-corrected chi connectivity index (χ0v) is 12.0. The average molecular weight is 264 g/mol. The Hall–Kier alpha value is -1.55. The van der Waals surface area contributed by atoms with Crippen molar-refractivity contribution in [2.75, 3.05) is 13.1 Å². The van der Waals surface area contributed by atoms with Gasteiger partial charge in [-0.3, -0.25) is 4.79 Å². The minimum Gasteiger partial charge on any atom is -0.508 e. The van der Waals surface area contributed by atoms with Crippen molar-refractivity contribution in [3.63, 3.8) is 0 Å². The van der Waals surface area contributed by atoms with E-state index in [1.165, 1.54) is 0 Å². The highest BCUT2D eigenvalue weighted by atomic mass is 16.3. The lowest BCUT2D eigenvalue weighted by Crippen LogP contribution is -2.37. The Balaban J connectivity index is 2.87. The van der Waals surface area contributed by atoms with Gasteiger partial charge in [-0.2, -0.15) is 0 Å². The fourth-order valence-corrected chi connectivity index (χ4v) is 2.24. The van der Waals surface area contributed by atoms with Gasteiger partial charge in [0.25, 0.3) is 0 Å². The Bertz CT molecular complexity index is 420. The second-order valence-corrected chi connectivity index (χ2v) is 4.87. The molecule has 2 atom stereocenters. The number of hydrogen-bond acceptors (Lipinski definition) is 3. The molecule has 0 aliphatic carbocycles. The first-order chi connectivity index (χ1) is 9.01. The summed E-state index contributed by atoms with van der Waals surface area (Å²) in [5.74, 6) is 0.274. The number of aromatic hydroxyl groups is 1. The van der Waals surface area contributed by atoms with Crippen LogP contribution in [0.2, 0.25) is 0 Å². The van der Waals surface area contributed by atoms with E-state index in [-0.39, 0.29) is 23.6 Å². The molecule has 3 N–H and O–H groups in total. The van der Waals surface area contributed by atoms with Crippen LogP contribution in [-0.2, 0) is 4.79 Å². The number of nitrogens with zero attached hydrogens (tertiary/aromatic N) is 1. The highest BCUT2D eigenvalue weighted by Crippen LogP contribution is 2.25. The number of rotatable bonds is 6. The number of nitrogens with two attached hydrogens (primary N) is 1. The molecule has 2 unspecified atom stereocenters. The summed E-state index contributed by atoms with van der Waals surface area (Å²) in [5, 5.41) is 9.53. The number of hydrogen-bond donors (Lipinski definition) is 2. The summed E-state index contributed by atoms with van der Waals surface area (Å²) in [4.78, 5) is 14.2. The molecule has 19 heavy (non-hydrogen) atoms. The molecule has 0 saturated carbocycles. The first kappa shape index (κ1) is 15.5. The molecule has 106 valence electrons. The van der Waals surface area contributed by atoms with Crippen molar-refractivity contribution in [1.29, 1.82) is 0 Å². The van der Waals surface area contributed by atoms with Crippen molar-refractivity contribution >= 4 is 5.91 Å². The van der Waals surface area contributed by atoms with Crippen molar-refractivity contribution in [2.45, 2.75) is 33.2 Å². The number of carbonyl (C=O) groups is 1. The smallest absolute Gasteiger partial charge is 0.225 e. The molecule has 0 aromatic heterocycles. The third kappa shape index (κ3) is 3.96. The van der Waals surface area contributed by atoms with E-state index in [1.54, 1.807) is 18.2 Å². The summed E-state index contributed by atoms with van der Waals surface area (Å²) in [7, 11) is 0. The van der Waals surface area contributed by atoms with E-state index in [2.05, 4.69) is 0 Å². The molecular formula is C15H24N2O2. The van der Waals surface area contributed by atoms with Gasteiger partial charge in [0.05, 0.1) is 6.04 Å². The second kappa shape index (κ2) is 7.14. The predicted molar refractivity (Wildman–Crippen MR) is 76.7 cm³/mol. The summed E-state index contributed by atoms with van der Waals surface area (Å²) in [5.41, 5.74) is 6.45. The average Bonchev–Trinajstić information content (AvgIpc) is 2.39. The highest BCUT2D eigenvalue weighted by Gasteiger charge is 2.24. The molecule has 0 heterocycles. The van der Waals surface area contributed by atoms with Crippen molar-refractivity contribution < 1.29 is 9.90 Å². The Labute approximate surface area is 115 Å². The van der Waals surface area contributed by atoms with Gasteiger partial charge in [0.2, 0.25) is 5.91 Å².